The molecule has 0 fully saturated rings. The van der Waals surface area contributed by atoms with Crippen molar-refractivity contribution in [3.05, 3.63) is 52.0 Å². The van der Waals surface area contributed by atoms with Gasteiger partial charge in [-0.05, 0) is 39.8 Å². The molecule has 6 nitrogen and oxygen atoms in total. The smallest absolute Gasteiger partial charge is 0.263 e. The van der Waals surface area contributed by atoms with Crippen molar-refractivity contribution in [1.29, 1.82) is 0 Å². The molecule has 3 aromatic heterocycles. The van der Waals surface area contributed by atoms with Crippen molar-refractivity contribution in [3.8, 4) is 0 Å². The molecule has 0 saturated heterocycles. The molecule has 0 spiro atoms. The molecule has 3 aromatic rings. The number of rotatable bonds is 3. The van der Waals surface area contributed by atoms with Crippen molar-refractivity contribution in [2.45, 2.75) is 40.3 Å². The number of nitrogens with zero attached hydrogens (tertiary/aromatic N) is 5. The largest absolute Gasteiger partial charge is 0.291 e. The number of hydrogen-bond donors (Lipinski definition) is 0. The Morgan fingerprint density at radius 2 is 2.05 bits per heavy atom. The van der Waals surface area contributed by atoms with Crippen LogP contribution in [-0.4, -0.2) is 24.3 Å². The molecule has 114 valence electrons. The Bertz CT molecular complexity index is 893. The summed E-state index contributed by atoms with van der Waals surface area (Å²) in [5.41, 5.74) is 3.52. The standard InChI is InChI=1S/C16H19N5O/c1-5-21-12(4)14(10(2)19-21)11(3)20-9-18-15-13(16(20)22)7-6-8-17-15/h6-9,11H,5H2,1-4H3. The first kappa shape index (κ1) is 14.4. The molecule has 1 unspecified atom stereocenters. The third-order valence-corrected chi connectivity index (χ3v) is 4.13. The minimum absolute atomic E-state index is 0.0753. The van der Waals surface area contributed by atoms with Gasteiger partial charge in [0.25, 0.3) is 5.56 Å². The van der Waals surface area contributed by atoms with E-state index in [0.29, 0.717) is 11.0 Å². The van der Waals surface area contributed by atoms with Gasteiger partial charge in [0.2, 0.25) is 0 Å². The van der Waals surface area contributed by atoms with E-state index in [1.807, 2.05) is 25.5 Å². The summed E-state index contributed by atoms with van der Waals surface area (Å²) in [5.74, 6) is 0. The number of pyridine rings is 1. The van der Waals surface area contributed by atoms with Crippen LogP contribution in [0.15, 0.2) is 29.5 Å². The van der Waals surface area contributed by atoms with Gasteiger partial charge in [-0.2, -0.15) is 5.10 Å². The molecule has 0 bridgehead atoms. The van der Waals surface area contributed by atoms with Gasteiger partial charge in [0.1, 0.15) is 6.33 Å². The SMILES string of the molecule is CCn1nc(C)c(C(C)n2cnc3ncccc3c2=O)c1C. The fraction of sp³-hybridized carbons (Fsp3) is 0.375. The highest BCUT2D eigenvalue weighted by Crippen LogP contribution is 2.24. The Hall–Kier alpha value is -2.50. The van der Waals surface area contributed by atoms with E-state index < -0.39 is 0 Å². The molecular formula is C16H19N5O. The summed E-state index contributed by atoms with van der Waals surface area (Å²) < 4.78 is 3.61. The van der Waals surface area contributed by atoms with Crippen LogP contribution in [0, 0.1) is 13.8 Å². The van der Waals surface area contributed by atoms with E-state index in [-0.39, 0.29) is 11.6 Å². The Kier molecular flexibility index (Phi) is 3.52. The zero-order chi connectivity index (χ0) is 15.9. The minimum Gasteiger partial charge on any atom is -0.291 e. The Labute approximate surface area is 128 Å². The Morgan fingerprint density at radius 1 is 1.27 bits per heavy atom. The second kappa shape index (κ2) is 5.36. The summed E-state index contributed by atoms with van der Waals surface area (Å²) in [6.07, 6.45) is 3.21. The predicted octanol–water partition coefficient (Wildman–Crippen LogP) is 2.23. The quantitative estimate of drug-likeness (QED) is 0.743. The van der Waals surface area contributed by atoms with Crippen molar-refractivity contribution < 1.29 is 0 Å². The molecule has 0 radical (unpaired) electrons. The van der Waals surface area contributed by atoms with E-state index in [1.165, 1.54) is 0 Å². The van der Waals surface area contributed by atoms with Crippen molar-refractivity contribution in [1.82, 2.24) is 24.3 Å². The third-order valence-electron chi connectivity index (χ3n) is 4.13. The van der Waals surface area contributed by atoms with Gasteiger partial charge in [0.15, 0.2) is 5.65 Å². The van der Waals surface area contributed by atoms with E-state index >= 15 is 0 Å². The first-order valence-electron chi connectivity index (χ1n) is 7.40. The molecule has 22 heavy (non-hydrogen) atoms. The van der Waals surface area contributed by atoms with Gasteiger partial charge in [-0.1, -0.05) is 0 Å². The van der Waals surface area contributed by atoms with Gasteiger partial charge in [-0.15, -0.1) is 0 Å². The lowest BCUT2D eigenvalue weighted by Gasteiger charge is -2.16. The molecule has 0 aliphatic carbocycles. The molecule has 0 N–H and O–H groups in total. The summed E-state index contributed by atoms with van der Waals surface area (Å²) in [6.45, 7) is 8.89. The van der Waals surface area contributed by atoms with Crippen LogP contribution in [0.5, 0.6) is 0 Å². The summed E-state index contributed by atoms with van der Waals surface area (Å²) in [6, 6.07) is 3.40. The maximum Gasteiger partial charge on any atom is 0.263 e. The molecule has 0 aliphatic heterocycles. The van der Waals surface area contributed by atoms with Gasteiger partial charge in [0, 0.05) is 24.0 Å². The van der Waals surface area contributed by atoms with E-state index in [4.69, 9.17) is 0 Å². The van der Waals surface area contributed by atoms with Crippen LogP contribution in [0.1, 0.15) is 36.8 Å². The van der Waals surface area contributed by atoms with Crippen LogP contribution in [0.4, 0.5) is 0 Å². The topological polar surface area (TPSA) is 65.6 Å². The van der Waals surface area contributed by atoms with E-state index in [1.54, 1.807) is 29.2 Å². The van der Waals surface area contributed by atoms with Gasteiger partial charge in [-0.25, -0.2) is 9.97 Å². The lowest BCUT2D eigenvalue weighted by molar-refractivity contribution is 0.595. The lowest BCUT2D eigenvalue weighted by atomic mass is 10.1. The Morgan fingerprint density at radius 3 is 2.73 bits per heavy atom. The average molecular weight is 297 g/mol. The van der Waals surface area contributed by atoms with Crippen molar-refractivity contribution in [2.24, 2.45) is 0 Å². The van der Waals surface area contributed by atoms with Crippen LogP contribution in [0.25, 0.3) is 11.0 Å². The molecule has 0 saturated carbocycles. The first-order chi connectivity index (χ1) is 10.5. The van der Waals surface area contributed by atoms with Gasteiger partial charge >= 0.3 is 0 Å². The van der Waals surface area contributed by atoms with Gasteiger partial charge in [0.05, 0.1) is 17.1 Å². The fourth-order valence-electron chi connectivity index (χ4n) is 3.01. The number of hydrogen-bond acceptors (Lipinski definition) is 4. The summed E-state index contributed by atoms with van der Waals surface area (Å²) >= 11 is 0. The average Bonchev–Trinajstić information content (AvgIpc) is 2.81. The van der Waals surface area contributed by atoms with Gasteiger partial charge in [-0.3, -0.25) is 14.0 Å². The molecule has 6 heteroatoms. The molecule has 3 heterocycles. The minimum atomic E-state index is -0.120. The van der Waals surface area contributed by atoms with Crippen LogP contribution in [0.2, 0.25) is 0 Å². The second-order valence-electron chi connectivity index (χ2n) is 5.41. The molecule has 0 aromatic carbocycles. The highest BCUT2D eigenvalue weighted by Gasteiger charge is 2.20. The van der Waals surface area contributed by atoms with Crippen molar-refractivity contribution in [2.75, 3.05) is 0 Å². The molecule has 3 rings (SSSR count). The zero-order valence-electron chi connectivity index (χ0n) is 13.2. The van der Waals surface area contributed by atoms with Gasteiger partial charge < -0.3 is 0 Å². The van der Waals surface area contributed by atoms with E-state index in [2.05, 4.69) is 22.0 Å². The normalized spacial score (nSPS) is 12.7. The second-order valence-corrected chi connectivity index (χ2v) is 5.41. The molecule has 0 aliphatic rings. The highest BCUT2D eigenvalue weighted by atomic mass is 16.1. The molecule has 1 atom stereocenters. The van der Waals surface area contributed by atoms with Crippen LogP contribution in [0.3, 0.4) is 0 Å². The van der Waals surface area contributed by atoms with Crippen LogP contribution < -0.4 is 5.56 Å². The maximum atomic E-state index is 12.7. The summed E-state index contributed by atoms with van der Waals surface area (Å²) in [5, 5.41) is 5.07. The zero-order valence-corrected chi connectivity index (χ0v) is 13.2. The third kappa shape index (κ3) is 2.11. The number of aromatic nitrogens is 5. The van der Waals surface area contributed by atoms with Crippen LogP contribution in [-0.2, 0) is 6.54 Å². The number of fused-ring (bicyclic) bond motifs is 1. The lowest BCUT2D eigenvalue weighted by Crippen LogP contribution is -2.25. The predicted molar refractivity (Wildman–Crippen MR) is 85.0 cm³/mol. The highest BCUT2D eigenvalue weighted by molar-refractivity contribution is 5.72. The molecule has 0 amide bonds. The fourth-order valence-corrected chi connectivity index (χ4v) is 3.01. The maximum absolute atomic E-state index is 12.7. The summed E-state index contributed by atoms with van der Waals surface area (Å²) in [7, 11) is 0. The van der Waals surface area contributed by atoms with E-state index in [9.17, 15) is 4.79 Å². The first-order valence-corrected chi connectivity index (χ1v) is 7.40. The number of aryl methyl sites for hydroxylation is 2. The Balaban J connectivity index is 2.18. The van der Waals surface area contributed by atoms with E-state index in [0.717, 1.165) is 23.5 Å². The van der Waals surface area contributed by atoms with Crippen LogP contribution >= 0.6 is 0 Å². The summed E-state index contributed by atoms with van der Waals surface area (Å²) in [4.78, 5) is 21.1. The monoisotopic (exact) mass is 297 g/mol. The van der Waals surface area contributed by atoms with Crippen molar-refractivity contribution >= 4 is 11.0 Å². The molecular weight excluding hydrogens is 278 g/mol. The van der Waals surface area contributed by atoms with Crippen molar-refractivity contribution in [3.63, 3.8) is 0 Å².